The molecule has 0 aliphatic carbocycles. The van der Waals surface area contributed by atoms with Crippen molar-refractivity contribution in [3.05, 3.63) is 29.3 Å². The van der Waals surface area contributed by atoms with Gasteiger partial charge in [-0.2, -0.15) is 0 Å². The van der Waals surface area contributed by atoms with Gasteiger partial charge in [-0.1, -0.05) is 26.0 Å². The van der Waals surface area contributed by atoms with Crippen LogP contribution in [0.4, 0.5) is 0 Å². The fourth-order valence-corrected chi connectivity index (χ4v) is 2.16. The highest BCUT2D eigenvalue weighted by atomic mass is 16.5. The molecule has 2 nitrogen and oxygen atoms in total. The van der Waals surface area contributed by atoms with E-state index in [0.29, 0.717) is 12.2 Å². The molecule has 2 rings (SSSR count). The van der Waals surface area contributed by atoms with Crippen LogP contribution in [0, 0.1) is 0 Å². The van der Waals surface area contributed by atoms with Crippen molar-refractivity contribution in [3.63, 3.8) is 0 Å². The molecule has 0 bridgehead atoms. The van der Waals surface area contributed by atoms with Gasteiger partial charge in [0.15, 0.2) is 6.29 Å². The molecule has 0 fully saturated rings. The summed E-state index contributed by atoms with van der Waals surface area (Å²) in [6.07, 6.45) is 3.02. The molecule has 0 N–H and O–H groups in total. The zero-order valence-corrected chi connectivity index (χ0v) is 9.25. The molecule has 0 amide bonds. The predicted molar refractivity (Wildman–Crippen MR) is 59.6 cm³/mol. The number of benzene rings is 1. The summed E-state index contributed by atoms with van der Waals surface area (Å²) in [5, 5.41) is 0. The van der Waals surface area contributed by atoms with E-state index < -0.39 is 0 Å². The van der Waals surface area contributed by atoms with Crippen molar-refractivity contribution >= 4 is 6.29 Å². The summed E-state index contributed by atoms with van der Waals surface area (Å²) < 4.78 is 5.67. The summed E-state index contributed by atoms with van der Waals surface area (Å²) in [5.41, 5.74) is 1.93. The first kappa shape index (κ1) is 10.2. The minimum atomic E-state index is 0.102. The molecule has 1 aliphatic rings. The van der Waals surface area contributed by atoms with Crippen LogP contribution in [0.1, 0.15) is 42.6 Å². The van der Waals surface area contributed by atoms with Crippen LogP contribution in [0.2, 0.25) is 0 Å². The van der Waals surface area contributed by atoms with Crippen molar-refractivity contribution in [2.45, 2.75) is 32.1 Å². The van der Waals surface area contributed by atoms with Crippen molar-refractivity contribution in [3.8, 4) is 5.75 Å². The van der Waals surface area contributed by atoms with E-state index in [4.69, 9.17) is 4.74 Å². The van der Waals surface area contributed by atoms with E-state index in [9.17, 15) is 4.79 Å². The summed E-state index contributed by atoms with van der Waals surface area (Å²) in [4.78, 5) is 10.9. The van der Waals surface area contributed by atoms with E-state index in [1.165, 1.54) is 0 Å². The Balaban J connectivity index is 2.59. The quantitative estimate of drug-likeness (QED) is 0.657. The lowest BCUT2D eigenvalue weighted by atomic mass is 9.80. The van der Waals surface area contributed by atoms with Gasteiger partial charge in [0.25, 0.3) is 0 Å². The molecule has 0 radical (unpaired) electrons. The monoisotopic (exact) mass is 204 g/mol. The van der Waals surface area contributed by atoms with Gasteiger partial charge in [0.2, 0.25) is 0 Å². The van der Waals surface area contributed by atoms with Crippen LogP contribution in [0.15, 0.2) is 18.2 Å². The Labute approximate surface area is 90.3 Å². The molecule has 1 aliphatic heterocycles. The number of ether oxygens (including phenoxy) is 1. The second-order valence-corrected chi connectivity index (χ2v) is 4.68. The normalized spacial score (nSPS) is 18.5. The van der Waals surface area contributed by atoms with Gasteiger partial charge >= 0.3 is 0 Å². The zero-order chi connectivity index (χ0) is 10.9. The van der Waals surface area contributed by atoms with Gasteiger partial charge in [0.1, 0.15) is 5.75 Å². The fourth-order valence-electron chi connectivity index (χ4n) is 2.16. The Bertz CT molecular complexity index is 380. The van der Waals surface area contributed by atoms with Crippen molar-refractivity contribution in [1.82, 2.24) is 0 Å². The maximum absolute atomic E-state index is 10.9. The van der Waals surface area contributed by atoms with E-state index in [0.717, 1.165) is 30.4 Å². The van der Waals surface area contributed by atoms with Crippen LogP contribution >= 0.6 is 0 Å². The highest BCUT2D eigenvalue weighted by molar-refractivity contribution is 5.80. The number of carbonyl (C=O) groups excluding carboxylic acids is 1. The molecular formula is C13H16O2. The van der Waals surface area contributed by atoms with Crippen molar-refractivity contribution in [1.29, 1.82) is 0 Å². The van der Waals surface area contributed by atoms with Crippen molar-refractivity contribution in [2.24, 2.45) is 0 Å². The first-order valence-electron chi connectivity index (χ1n) is 5.36. The van der Waals surface area contributed by atoms with Crippen LogP contribution in [-0.2, 0) is 5.41 Å². The number of hydrogen-bond donors (Lipinski definition) is 0. The summed E-state index contributed by atoms with van der Waals surface area (Å²) in [7, 11) is 0. The van der Waals surface area contributed by atoms with E-state index in [1.807, 2.05) is 12.1 Å². The number of para-hydroxylation sites is 1. The molecule has 0 atom stereocenters. The lowest BCUT2D eigenvalue weighted by Gasteiger charge is -2.24. The van der Waals surface area contributed by atoms with E-state index in [2.05, 4.69) is 19.9 Å². The molecule has 1 heterocycles. The highest BCUT2D eigenvalue weighted by Gasteiger charge is 2.27. The predicted octanol–water partition coefficient (Wildman–Crippen LogP) is 2.95. The molecule has 1 aromatic rings. The van der Waals surface area contributed by atoms with Crippen molar-refractivity contribution in [2.75, 3.05) is 6.61 Å². The molecule has 1 aromatic carbocycles. The van der Waals surface area contributed by atoms with Gasteiger partial charge in [-0.3, -0.25) is 4.79 Å². The first-order valence-corrected chi connectivity index (χ1v) is 5.36. The molecule has 0 unspecified atom stereocenters. The molecule has 15 heavy (non-hydrogen) atoms. The van der Waals surface area contributed by atoms with Gasteiger partial charge in [-0.15, -0.1) is 0 Å². The van der Waals surface area contributed by atoms with Gasteiger partial charge in [0, 0.05) is 5.56 Å². The van der Waals surface area contributed by atoms with Crippen molar-refractivity contribution < 1.29 is 9.53 Å². The number of aldehydes is 1. The molecule has 0 saturated carbocycles. The van der Waals surface area contributed by atoms with E-state index >= 15 is 0 Å². The minimum Gasteiger partial charge on any atom is -0.493 e. The van der Waals surface area contributed by atoms with E-state index in [1.54, 1.807) is 0 Å². The Morgan fingerprint density at radius 3 is 2.93 bits per heavy atom. The van der Waals surface area contributed by atoms with Gasteiger partial charge < -0.3 is 4.74 Å². The summed E-state index contributed by atoms with van der Waals surface area (Å²) >= 11 is 0. The average molecular weight is 204 g/mol. The van der Waals surface area contributed by atoms with E-state index in [-0.39, 0.29) is 5.41 Å². The molecule has 0 spiro atoms. The standard InChI is InChI=1S/C13H16O2/c1-13(2)7-4-8-15-12-10(9-14)5-3-6-11(12)13/h3,5-6,9H,4,7-8H2,1-2H3. The minimum absolute atomic E-state index is 0.102. The number of hydrogen-bond acceptors (Lipinski definition) is 2. The second kappa shape index (κ2) is 3.69. The zero-order valence-electron chi connectivity index (χ0n) is 9.25. The maximum Gasteiger partial charge on any atom is 0.153 e. The molecule has 80 valence electrons. The lowest BCUT2D eigenvalue weighted by molar-refractivity contribution is 0.111. The molecule has 0 aromatic heterocycles. The smallest absolute Gasteiger partial charge is 0.153 e. The Morgan fingerprint density at radius 1 is 1.40 bits per heavy atom. The van der Waals surface area contributed by atoms with Crippen LogP contribution in [0.3, 0.4) is 0 Å². The fraction of sp³-hybridized carbons (Fsp3) is 0.462. The first-order chi connectivity index (χ1) is 7.15. The maximum atomic E-state index is 10.9. The summed E-state index contributed by atoms with van der Waals surface area (Å²) in [6.45, 7) is 5.12. The van der Waals surface area contributed by atoms with Gasteiger partial charge in [-0.25, -0.2) is 0 Å². The Hall–Kier alpha value is -1.31. The van der Waals surface area contributed by atoms with Gasteiger partial charge in [-0.05, 0) is 24.3 Å². The van der Waals surface area contributed by atoms with Crippen LogP contribution in [0.5, 0.6) is 5.75 Å². The lowest BCUT2D eigenvalue weighted by Crippen LogP contribution is -2.16. The third kappa shape index (κ3) is 1.76. The van der Waals surface area contributed by atoms with Crippen LogP contribution < -0.4 is 4.74 Å². The summed E-state index contributed by atoms with van der Waals surface area (Å²) in [5.74, 6) is 0.787. The topological polar surface area (TPSA) is 26.3 Å². The number of rotatable bonds is 1. The van der Waals surface area contributed by atoms with Gasteiger partial charge in [0.05, 0.1) is 12.2 Å². The molecule has 2 heteroatoms. The molecule has 0 saturated heterocycles. The van der Waals surface area contributed by atoms with Crippen LogP contribution in [0.25, 0.3) is 0 Å². The highest BCUT2D eigenvalue weighted by Crippen LogP contribution is 2.39. The second-order valence-electron chi connectivity index (χ2n) is 4.68. The van der Waals surface area contributed by atoms with Crippen LogP contribution in [-0.4, -0.2) is 12.9 Å². The third-order valence-electron chi connectivity index (χ3n) is 3.09. The number of carbonyl (C=O) groups is 1. The Morgan fingerprint density at radius 2 is 2.20 bits per heavy atom. The number of fused-ring (bicyclic) bond motifs is 1. The third-order valence-corrected chi connectivity index (χ3v) is 3.09. The Kier molecular flexibility index (Phi) is 2.51. The average Bonchev–Trinajstić information content (AvgIpc) is 2.38. The molecular weight excluding hydrogens is 188 g/mol. The summed E-state index contributed by atoms with van der Waals surface area (Å²) in [6, 6.07) is 5.81. The largest absolute Gasteiger partial charge is 0.493 e. The SMILES string of the molecule is CC1(C)CCCOc2c(C=O)cccc21.